The standard InChI is InChI=1S/C20H31N5O2/c1-2-27-19(26)15-23-9-7-18(8-10-23)25-13-11-24(12-14-25)17-5-3-16(4-6-17)20(21)22/h3-6,18H,2,7-15H2,1H3,(H3,21,22). The van der Waals surface area contributed by atoms with Crippen LogP contribution >= 0.6 is 0 Å². The third-order valence-corrected chi connectivity index (χ3v) is 5.59. The van der Waals surface area contributed by atoms with Crippen LogP contribution in [0.3, 0.4) is 0 Å². The Morgan fingerprint density at radius 2 is 1.74 bits per heavy atom. The van der Waals surface area contributed by atoms with Gasteiger partial charge in [-0.15, -0.1) is 0 Å². The summed E-state index contributed by atoms with van der Waals surface area (Å²) in [5, 5.41) is 7.49. The maximum absolute atomic E-state index is 11.6. The van der Waals surface area contributed by atoms with E-state index in [4.69, 9.17) is 15.9 Å². The number of esters is 1. The minimum atomic E-state index is -0.111. The van der Waals surface area contributed by atoms with Crippen LogP contribution in [0.4, 0.5) is 5.69 Å². The molecule has 2 heterocycles. The van der Waals surface area contributed by atoms with E-state index >= 15 is 0 Å². The lowest BCUT2D eigenvalue weighted by Crippen LogP contribution is -2.53. The monoisotopic (exact) mass is 373 g/mol. The second-order valence-electron chi connectivity index (χ2n) is 7.30. The van der Waals surface area contributed by atoms with Crippen molar-refractivity contribution in [3.05, 3.63) is 29.8 Å². The van der Waals surface area contributed by atoms with Crippen molar-refractivity contribution < 1.29 is 9.53 Å². The number of hydrogen-bond donors (Lipinski definition) is 2. The van der Waals surface area contributed by atoms with Gasteiger partial charge in [0.25, 0.3) is 0 Å². The number of ether oxygens (including phenoxy) is 1. The number of amidine groups is 1. The number of piperidine rings is 1. The summed E-state index contributed by atoms with van der Waals surface area (Å²) in [4.78, 5) is 18.8. The van der Waals surface area contributed by atoms with Crippen LogP contribution in [0.25, 0.3) is 0 Å². The Morgan fingerprint density at radius 3 is 2.30 bits per heavy atom. The molecule has 2 aliphatic heterocycles. The predicted octanol–water partition coefficient (Wildman–Crippen LogP) is 1.12. The number of nitrogens with two attached hydrogens (primary N) is 1. The van der Waals surface area contributed by atoms with E-state index in [1.165, 1.54) is 5.69 Å². The number of anilines is 1. The first-order valence-corrected chi connectivity index (χ1v) is 9.88. The molecule has 27 heavy (non-hydrogen) atoms. The average Bonchev–Trinajstić information content (AvgIpc) is 2.69. The van der Waals surface area contributed by atoms with E-state index < -0.39 is 0 Å². The van der Waals surface area contributed by atoms with Gasteiger partial charge in [0.15, 0.2) is 0 Å². The molecule has 0 atom stereocenters. The summed E-state index contributed by atoms with van der Waals surface area (Å²) in [6.07, 6.45) is 2.24. The number of piperazine rings is 1. The number of carbonyl (C=O) groups is 1. The molecule has 2 fully saturated rings. The summed E-state index contributed by atoms with van der Waals surface area (Å²) in [7, 11) is 0. The van der Waals surface area contributed by atoms with Crippen molar-refractivity contribution in [3.8, 4) is 0 Å². The number of carbonyl (C=O) groups excluding carboxylic acids is 1. The fraction of sp³-hybridized carbons (Fsp3) is 0.600. The van der Waals surface area contributed by atoms with E-state index in [-0.39, 0.29) is 11.8 Å². The molecule has 0 radical (unpaired) electrons. The summed E-state index contributed by atoms with van der Waals surface area (Å²) < 4.78 is 5.05. The number of likely N-dealkylation sites (tertiary alicyclic amines) is 1. The summed E-state index contributed by atoms with van der Waals surface area (Å²) in [6, 6.07) is 8.57. The molecule has 0 aromatic heterocycles. The highest BCUT2D eigenvalue weighted by Crippen LogP contribution is 2.22. The minimum Gasteiger partial charge on any atom is -0.465 e. The van der Waals surface area contributed by atoms with E-state index in [1.807, 2.05) is 19.1 Å². The third kappa shape index (κ3) is 5.20. The maximum Gasteiger partial charge on any atom is 0.320 e. The van der Waals surface area contributed by atoms with Crippen molar-refractivity contribution in [2.45, 2.75) is 25.8 Å². The van der Waals surface area contributed by atoms with E-state index in [1.54, 1.807) is 0 Å². The van der Waals surface area contributed by atoms with Gasteiger partial charge in [-0.2, -0.15) is 0 Å². The molecule has 2 aliphatic rings. The number of benzene rings is 1. The van der Waals surface area contributed by atoms with Crippen molar-refractivity contribution in [2.75, 3.05) is 57.3 Å². The van der Waals surface area contributed by atoms with Crippen molar-refractivity contribution in [1.29, 1.82) is 5.41 Å². The molecule has 3 N–H and O–H groups in total. The lowest BCUT2D eigenvalue weighted by Gasteiger charge is -2.43. The maximum atomic E-state index is 11.6. The van der Waals surface area contributed by atoms with Crippen molar-refractivity contribution >= 4 is 17.5 Å². The first-order valence-electron chi connectivity index (χ1n) is 9.88. The fourth-order valence-corrected chi connectivity index (χ4v) is 4.03. The molecule has 7 nitrogen and oxygen atoms in total. The smallest absolute Gasteiger partial charge is 0.320 e. The Kier molecular flexibility index (Phi) is 6.68. The van der Waals surface area contributed by atoms with Gasteiger partial charge in [0.05, 0.1) is 13.2 Å². The Bertz CT molecular complexity index is 632. The van der Waals surface area contributed by atoms with Crippen LogP contribution in [-0.2, 0) is 9.53 Å². The van der Waals surface area contributed by atoms with Crippen LogP contribution in [0.15, 0.2) is 24.3 Å². The zero-order valence-electron chi connectivity index (χ0n) is 16.2. The van der Waals surface area contributed by atoms with Crippen molar-refractivity contribution in [2.24, 2.45) is 5.73 Å². The zero-order chi connectivity index (χ0) is 19.2. The number of hydrogen-bond acceptors (Lipinski definition) is 6. The van der Waals surface area contributed by atoms with E-state index in [0.29, 0.717) is 19.2 Å². The Balaban J connectivity index is 1.43. The molecule has 2 saturated heterocycles. The van der Waals surface area contributed by atoms with Crippen molar-refractivity contribution in [1.82, 2.24) is 9.80 Å². The highest BCUT2D eigenvalue weighted by molar-refractivity contribution is 5.95. The molecule has 7 heteroatoms. The zero-order valence-corrected chi connectivity index (χ0v) is 16.2. The van der Waals surface area contributed by atoms with Gasteiger partial charge in [-0.1, -0.05) is 0 Å². The van der Waals surface area contributed by atoms with Gasteiger partial charge in [0.1, 0.15) is 5.84 Å². The van der Waals surface area contributed by atoms with Crippen LogP contribution < -0.4 is 10.6 Å². The average molecular weight is 374 g/mol. The number of nitrogens with zero attached hydrogens (tertiary/aromatic N) is 3. The quantitative estimate of drug-likeness (QED) is 0.442. The molecule has 0 bridgehead atoms. The molecule has 0 amide bonds. The van der Waals surface area contributed by atoms with Crippen LogP contribution in [0, 0.1) is 5.41 Å². The van der Waals surface area contributed by atoms with Crippen LogP contribution in [0.5, 0.6) is 0 Å². The molecule has 3 rings (SSSR count). The van der Waals surface area contributed by atoms with Crippen LogP contribution in [0.1, 0.15) is 25.3 Å². The molecule has 0 aliphatic carbocycles. The molecule has 1 aromatic rings. The van der Waals surface area contributed by atoms with E-state index in [9.17, 15) is 4.79 Å². The van der Waals surface area contributed by atoms with Gasteiger partial charge in [0.2, 0.25) is 0 Å². The van der Waals surface area contributed by atoms with Gasteiger partial charge >= 0.3 is 5.97 Å². The molecule has 148 valence electrons. The SMILES string of the molecule is CCOC(=O)CN1CCC(N2CCN(c3ccc(C(=N)N)cc3)CC2)CC1. The lowest BCUT2D eigenvalue weighted by molar-refractivity contribution is -0.144. The van der Waals surface area contributed by atoms with E-state index in [2.05, 4.69) is 26.8 Å². The highest BCUT2D eigenvalue weighted by atomic mass is 16.5. The fourth-order valence-electron chi connectivity index (χ4n) is 4.03. The molecular weight excluding hydrogens is 342 g/mol. The summed E-state index contributed by atoms with van der Waals surface area (Å²) in [6.45, 7) is 8.83. The Labute approximate surface area is 161 Å². The third-order valence-electron chi connectivity index (χ3n) is 5.59. The van der Waals surface area contributed by atoms with E-state index in [0.717, 1.165) is 57.7 Å². The normalized spacial score (nSPS) is 19.8. The first-order chi connectivity index (χ1) is 13.1. The number of nitrogens with one attached hydrogen (secondary N) is 1. The second kappa shape index (κ2) is 9.19. The topological polar surface area (TPSA) is 85.9 Å². The van der Waals surface area contributed by atoms with Gasteiger partial charge in [-0.25, -0.2) is 0 Å². The summed E-state index contributed by atoms with van der Waals surface area (Å²) in [5.41, 5.74) is 7.50. The van der Waals surface area contributed by atoms with Gasteiger partial charge in [-0.05, 0) is 44.0 Å². The predicted molar refractivity (Wildman–Crippen MR) is 107 cm³/mol. The second-order valence-corrected chi connectivity index (χ2v) is 7.30. The summed E-state index contributed by atoms with van der Waals surface area (Å²) in [5.74, 6) is 0.000948. The van der Waals surface area contributed by atoms with Gasteiger partial charge < -0.3 is 15.4 Å². The highest BCUT2D eigenvalue weighted by Gasteiger charge is 2.28. The van der Waals surface area contributed by atoms with Gasteiger partial charge in [-0.3, -0.25) is 20.0 Å². The summed E-state index contributed by atoms with van der Waals surface area (Å²) >= 11 is 0. The Morgan fingerprint density at radius 1 is 1.11 bits per heavy atom. The number of nitrogen functional groups attached to an aromatic ring is 1. The minimum absolute atomic E-state index is 0.111. The molecular formula is C20H31N5O2. The van der Waals surface area contributed by atoms with Crippen LogP contribution in [-0.4, -0.2) is 80.1 Å². The molecule has 0 saturated carbocycles. The molecule has 0 unspecified atom stereocenters. The van der Waals surface area contributed by atoms with Gasteiger partial charge in [0, 0.05) is 56.6 Å². The molecule has 1 aromatic carbocycles. The Hall–Kier alpha value is -2.12. The van der Waals surface area contributed by atoms with Crippen LogP contribution in [0.2, 0.25) is 0 Å². The molecule has 0 spiro atoms. The number of rotatable bonds is 6. The largest absolute Gasteiger partial charge is 0.465 e. The lowest BCUT2D eigenvalue weighted by atomic mass is 10.0. The van der Waals surface area contributed by atoms with Crippen molar-refractivity contribution in [3.63, 3.8) is 0 Å². The first kappa shape index (κ1) is 19.6.